The van der Waals surface area contributed by atoms with E-state index < -0.39 is 40.7 Å². The number of benzene rings is 2. The number of amides is 3. The predicted molar refractivity (Wildman–Crippen MR) is 130 cm³/mol. The molecule has 3 amide bonds. The van der Waals surface area contributed by atoms with Gasteiger partial charge in [-0.3, -0.25) is 14.5 Å². The van der Waals surface area contributed by atoms with E-state index in [4.69, 9.17) is 21.6 Å². The van der Waals surface area contributed by atoms with Gasteiger partial charge in [-0.15, -0.1) is 0 Å². The number of hydrogen-bond donors (Lipinski definition) is 0. The van der Waals surface area contributed by atoms with Gasteiger partial charge in [-0.1, -0.05) is 11.6 Å². The van der Waals surface area contributed by atoms with E-state index in [9.17, 15) is 27.6 Å². The Labute approximate surface area is 216 Å². The van der Waals surface area contributed by atoms with Crippen LogP contribution in [-0.4, -0.2) is 55.6 Å². The number of hydrogen-bond acceptors (Lipinski definition) is 6. The molecule has 0 spiro atoms. The van der Waals surface area contributed by atoms with E-state index in [0.29, 0.717) is 23.1 Å². The number of carbonyl (C=O) groups is 3. The first-order chi connectivity index (χ1) is 17.2. The molecule has 3 rings (SSSR count). The zero-order chi connectivity index (χ0) is 27.7. The van der Waals surface area contributed by atoms with Crippen LogP contribution in [0.25, 0.3) is 0 Å². The Morgan fingerprint density at radius 2 is 1.78 bits per heavy atom. The van der Waals surface area contributed by atoms with Crippen molar-refractivity contribution in [1.29, 1.82) is 5.26 Å². The molecule has 0 aromatic heterocycles. The fraction of sp³-hybridized carbons (Fsp3) is 0.360. The van der Waals surface area contributed by atoms with Gasteiger partial charge in [-0.2, -0.15) is 18.4 Å². The molecule has 1 aliphatic heterocycles. The minimum atomic E-state index is -4.87. The number of urea groups is 1. The topological polar surface area (TPSA) is 93.9 Å². The third-order valence-corrected chi connectivity index (χ3v) is 6.15. The lowest BCUT2D eigenvalue weighted by molar-refractivity contribution is -0.143. The molecule has 0 atom stereocenters. The summed E-state index contributed by atoms with van der Waals surface area (Å²) in [5.74, 6) is -1.31. The normalized spacial score (nSPS) is 15.4. The van der Waals surface area contributed by atoms with Gasteiger partial charge >= 0.3 is 18.2 Å². The lowest BCUT2D eigenvalue weighted by Gasteiger charge is -2.28. The average molecular weight is 537 g/mol. The summed E-state index contributed by atoms with van der Waals surface area (Å²) >= 11 is 6.25. The molecule has 196 valence electrons. The summed E-state index contributed by atoms with van der Waals surface area (Å²) in [6.45, 7) is 3.60. The summed E-state index contributed by atoms with van der Waals surface area (Å²) in [7, 11) is 3.66. The molecule has 0 unspecified atom stereocenters. The molecule has 1 heterocycles. The Kier molecular flexibility index (Phi) is 7.86. The molecule has 0 bridgehead atoms. The number of nitrogens with zero attached hydrogens (tertiary/aromatic N) is 4. The van der Waals surface area contributed by atoms with E-state index in [-0.39, 0.29) is 29.4 Å². The van der Waals surface area contributed by atoms with Gasteiger partial charge in [0, 0.05) is 17.3 Å². The minimum Gasteiger partial charge on any atom is -0.464 e. The predicted octanol–water partition coefficient (Wildman–Crippen LogP) is 4.63. The monoisotopic (exact) mass is 536 g/mol. The maximum atomic E-state index is 13.5. The van der Waals surface area contributed by atoms with Crippen molar-refractivity contribution in [2.75, 3.05) is 37.0 Å². The highest BCUT2D eigenvalue weighted by Gasteiger charge is 2.53. The number of nitriles is 1. The molecule has 1 fully saturated rings. The molecule has 1 aliphatic rings. The number of alkyl halides is 3. The Morgan fingerprint density at radius 3 is 2.38 bits per heavy atom. The summed E-state index contributed by atoms with van der Waals surface area (Å²) in [4.78, 5) is 42.6. The second kappa shape index (κ2) is 10.4. The SMILES string of the molecule is CN(C)CCOC(=O)Cc1cc(N2C(=O)N(c3ccc(C#N)c(C(F)(F)F)c3)C(=O)C2(C)C)ccc1Cl. The number of halogens is 4. The average Bonchev–Trinajstić information content (AvgIpc) is 2.97. The highest BCUT2D eigenvalue weighted by molar-refractivity contribution is 6.32. The zero-order valence-corrected chi connectivity index (χ0v) is 21.3. The first-order valence-electron chi connectivity index (χ1n) is 11.1. The van der Waals surface area contributed by atoms with Crippen molar-refractivity contribution < 1.29 is 32.3 Å². The van der Waals surface area contributed by atoms with Crippen molar-refractivity contribution in [1.82, 2.24) is 4.90 Å². The van der Waals surface area contributed by atoms with Gasteiger partial charge in [0.05, 0.1) is 29.3 Å². The van der Waals surface area contributed by atoms with Crippen molar-refractivity contribution in [3.63, 3.8) is 0 Å². The Hall–Kier alpha value is -3.62. The van der Waals surface area contributed by atoms with Crippen LogP contribution in [0.1, 0.15) is 30.5 Å². The van der Waals surface area contributed by atoms with Gasteiger partial charge in [0.25, 0.3) is 5.91 Å². The van der Waals surface area contributed by atoms with Gasteiger partial charge in [0.2, 0.25) is 0 Å². The quantitative estimate of drug-likeness (QED) is 0.378. The lowest BCUT2D eigenvalue weighted by atomic mass is 10.0. The highest BCUT2D eigenvalue weighted by Crippen LogP contribution is 2.40. The fourth-order valence-electron chi connectivity index (χ4n) is 3.84. The first kappa shape index (κ1) is 28.0. The molecule has 0 aliphatic carbocycles. The van der Waals surface area contributed by atoms with Crippen LogP contribution in [0.3, 0.4) is 0 Å². The number of rotatable bonds is 7. The van der Waals surface area contributed by atoms with Crippen LogP contribution in [0.2, 0.25) is 5.02 Å². The van der Waals surface area contributed by atoms with Gasteiger partial charge in [-0.25, -0.2) is 9.69 Å². The second-order valence-electron chi connectivity index (χ2n) is 9.13. The maximum Gasteiger partial charge on any atom is 0.417 e. The summed E-state index contributed by atoms with van der Waals surface area (Å²) in [5, 5.41) is 9.29. The van der Waals surface area contributed by atoms with Crippen molar-refractivity contribution >= 4 is 40.9 Å². The van der Waals surface area contributed by atoms with E-state index in [1.807, 2.05) is 19.0 Å². The second-order valence-corrected chi connectivity index (χ2v) is 9.54. The molecule has 0 radical (unpaired) electrons. The fourth-order valence-corrected chi connectivity index (χ4v) is 4.03. The minimum absolute atomic E-state index is 0.175. The standard InChI is InChI=1S/C25H24ClF3N4O4/c1-24(2)22(35)32(17-6-5-15(14-30)19(13-17)25(27,28)29)23(36)33(24)18-7-8-20(26)16(11-18)12-21(34)37-10-9-31(3)4/h5-8,11,13H,9-10,12H2,1-4H3. The van der Waals surface area contributed by atoms with Crippen molar-refractivity contribution in [2.45, 2.75) is 32.0 Å². The van der Waals surface area contributed by atoms with E-state index in [0.717, 1.165) is 17.0 Å². The Morgan fingerprint density at radius 1 is 1.14 bits per heavy atom. The molecule has 0 saturated carbocycles. The van der Waals surface area contributed by atoms with E-state index >= 15 is 0 Å². The summed E-state index contributed by atoms with van der Waals surface area (Å²) in [5.41, 5.74) is -3.13. The largest absolute Gasteiger partial charge is 0.464 e. The van der Waals surface area contributed by atoms with Crippen LogP contribution in [0.4, 0.5) is 29.3 Å². The Balaban J connectivity index is 1.96. The number of ether oxygens (including phenoxy) is 1. The molecule has 8 nitrogen and oxygen atoms in total. The molecule has 37 heavy (non-hydrogen) atoms. The van der Waals surface area contributed by atoms with Crippen molar-refractivity contribution in [3.8, 4) is 6.07 Å². The van der Waals surface area contributed by atoms with E-state index in [1.165, 1.54) is 38.1 Å². The Bertz CT molecular complexity index is 1290. The number of esters is 1. The molecular formula is C25H24ClF3N4O4. The van der Waals surface area contributed by atoms with Gasteiger partial charge in [0.15, 0.2) is 0 Å². The molecule has 0 N–H and O–H groups in total. The van der Waals surface area contributed by atoms with Gasteiger partial charge in [-0.05, 0) is 69.9 Å². The van der Waals surface area contributed by atoms with E-state index in [1.54, 1.807) is 0 Å². The summed E-state index contributed by atoms with van der Waals surface area (Å²) in [6.07, 6.45) is -5.06. The third kappa shape index (κ3) is 5.70. The maximum absolute atomic E-state index is 13.5. The van der Waals surface area contributed by atoms with Crippen LogP contribution in [-0.2, 0) is 26.9 Å². The van der Waals surface area contributed by atoms with Crippen molar-refractivity contribution in [2.24, 2.45) is 0 Å². The molecule has 2 aromatic rings. The first-order valence-corrected chi connectivity index (χ1v) is 11.4. The summed E-state index contributed by atoms with van der Waals surface area (Å²) < 4.78 is 45.7. The highest BCUT2D eigenvalue weighted by atomic mass is 35.5. The van der Waals surface area contributed by atoms with Gasteiger partial charge in [0.1, 0.15) is 12.1 Å². The van der Waals surface area contributed by atoms with Crippen molar-refractivity contribution in [3.05, 3.63) is 58.1 Å². The smallest absolute Gasteiger partial charge is 0.417 e. The molecular weight excluding hydrogens is 513 g/mol. The van der Waals surface area contributed by atoms with Crippen LogP contribution in [0.5, 0.6) is 0 Å². The zero-order valence-electron chi connectivity index (χ0n) is 20.5. The molecule has 2 aromatic carbocycles. The van der Waals surface area contributed by atoms with Crippen LogP contribution >= 0.6 is 11.6 Å². The van der Waals surface area contributed by atoms with Crippen LogP contribution in [0, 0.1) is 11.3 Å². The van der Waals surface area contributed by atoms with Gasteiger partial charge < -0.3 is 9.64 Å². The number of imide groups is 1. The third-order valence-electron chi connectivity index (χ3n) is 5.78. The lowest BCUT2D eigenvalue weighted by Crippen LogP contribution is -2.44. The number of carbonyl (C=O) groups excluding carboxylic acids is 3. The molecule has 1 saturated heterocycles. The summed E-state index contributed by atoms with van der Waals surface area (Å²) in [6, 6.07) is 7.59. The number of anilines is 2. The van der Waals surface area contributed by atoms with Crippen LogP contribution < -0.4 is 9.80 Å². The van der Waals surface area contributed by atoms with E-state index in [2.05, 4.69) is 0 Å². The van der Waals surface area contributed by atoms with Crippen LogP contribution in [0.15, 0.2) is 36.4 Å². The number of likely N-dealkylation sites (N-methyl/N-ethyl adjacent to an activating group) is 1. The molecule has 12 heteroatoms.